The van der Waals surface area contributed by atoms with Gasteiger partial charge in [-0.1, -0.05) is 0 Å². The Balaban J connectivity index is 1.82. The molecule has 0 saturated carbocycles. The second-order valence-electron chi connectivity index (χ2n) is 4.98. The average Bonchev–Trinajstić information content (AvgIpc) is 2.60. The molecule has 1 aliphatic rings. The van der Waals surface area contributed by atoms with Crippen LogP contribution in [0.25, 0.3) is 0 Å². The maximum absolute atomic E-state index is 12.4. The third-order valence-corrected chi connectivity index (χ3v) is 4.78. The summed E-state index contributed by atoms with van der Waals surface area (Å²) in [6.07, 6.45) is 0. The molecule has 0 saturated heterocycles. The number of anilines is 1. The summed E-state index contributed by atoms with van der Waals surface area (Å²) in [6, 6.07) is 10.3. The van der Waals surface area contributed by atoms with E-state index in [1.165, 1.54) is 31.4 Å². The monoisotopic (exact) mass is 349 g/mol. The third kappa shape index (κ3) is 3.28. The summed E-state index contributed by atoms with van der Waals surface area (Å²) in [7, 11) is -2.53. The Labute approximate surface area is 139 Å². The molecule has 1 heterocycles. The van der Waals surface area contributed by atoms with E-state index in [2.05, 4.69) is 9.46 Å². The zero-order valence-corrected chi connectivity index (χ0v) is 13.6. The molecule has 0 atom stereocenters. The summed E-state index contributed by atoms with van der Waals surface area (Å²) < 4.78 is 42.7. The molecule has 0 aliphatic carbocycles. The number of rotatable bonds is 4. The Bertz CT molecular complexity index is 861. The van der Waals surface area contributed by atoms with Crippen molar-refractivity contribution in [1.29, 1.82) is 0 Å². The molecule has 2 aromatic rings. The van der Waals surface area contributed by atoms with Gasteiger partial charge in [0.2, 0.25) is 0 Å². The molecule has 0 aromatic heterocycles. The lowest BCUT2D eigenvalue weighted by Crippen LogP contribution is -2.16. The van der Waals surface area contributed by atoms with Crippen molar-refractivity contribution in [3.05, 3.63) is 48.0 Å². The lowest BCUT2D eigenvalue weighted by atomic mass is 10.2. The van der Waals surface area contributed by atoms with Gasteiger partial charge in [-0.25, -0.2) is 13.2 Å². The number of hydrogen-bond donors (Lipinski definition) is 1. The van der Waals surface area contributed by atoms with E-state index in [-0.39, 0.29) is 10.5 Å². The summed E-state index contributed by atoms with van der Waals surface area (Å²) in [5.41, 5.74) is 0.632. The number of nitrogens with one attached hydrogen (secondary N) is 1. The lowest BCUT2D eigenvalue weighted by Gasteiger charge is -2.19. The Hall–Kier alpha value is -2.74. The second kappa shape index (κ2) is 6.40. The van der Waals surface area contributed by atoms with Crippen LogP contribution < -0.4 is 14.2 Å². The number of esters is 1. The van der Waals surface area contributed by atoms with Crippen molar-refractivity contribution >= 4 is 21.7 Å². The van der Waals surface area contributed by atoms with Gasteiger partial charge in [0.25, 0.3) is 10.0 Å². The zero-order valence-electron chi connectivity index (χ0n) is 12.8. The van der Waals surface area contributed by atoms with Gasteiger partial charge in [0.15, 0.2) is 11.5 Å². The number of sulfonamides is 1. The van der Waals surface area contributed by atoms with Crippen LogP contribution in [0.5, 0.6) is 11.5 Å². The largest absolute Gasteiger partial charge is 0.486 e. The first kappa shape index (κ1) is 16.1. The van der Waals surface area contributed by atoms with E-state index < -0.39 is 16.0 Å². The highest BCUT2D eigenvalue weighted by molar-refractivity contribution is 7.92. The molecule has 0 spiro atoms. The van der Waals surface area contributed by atoms with Gasteiger partial charge in [0, 0.05) is 6.07 Å². The fourth-order valence-corrected chi connectivity index (χ4v) is 3.26. The molecular formula is C16H15NO6S. The highest BCUT2D eigenvalue weighted by atomic mass is 32.2. The van der Waals surface area contributed by atoms with Gasteiger partial charge in [0.05, 0.1) is 23.3 Å². The maximum atomic E-state index is 12.4. The smallest absolute Gasteiger partial charge is 0.337 e. The quantitative estimate of drug-likeness (QED) is 0.850. The van der Waals surface area contributed by atoms with E-state index in [0.29, 0.717) is 30.4 Å². The second-order valence-corrected chi connectivity index (χ2v) is 6.66. The number of methoxy groups -OCH3 is 1. The number of carbonyl (C=O) groups is 1. The predicted molar refractivity (Wildman–Crippen MR) is 86.0 cm³/mol. The molecule has 1 aliphatic heterocycles. The zero-order chi connectivity index (χ0) is 17.2. The molecular weight excluding hydrogens is 334 g/mol. The number of ether oxygens (including phenoxy) is 3. The first-order valence-corrected chi connectivity index (χ1v) is 8.59. The Kier molecular flexibility index (Phi) is 4.30. The van der Waals surface area contributed by atoms with Gasteiger partial charge in [0.1, 0.15) is 13.2 Å². The van der Waals surface area contributed by atoms with Gasteiger partial charge < -0.3 is 14.2 Å². The fraction of sp³-hybridized carbons (Fsp3) is 0.188. The minimum absolute atomic E-state index is 0.0324. The van der Waals surface area contributed by atoms with E-state index in [0.717, 1.165) is 0 Å². The van der Waals surface area contributed by atoms with Crippen molar-refractivity contribution < 1.29 is 27.4 Å². The molecule has 2 aromatic carbocycles. The SMILES string of the molecule is COC(=O)c1ccc(S(=O)(=O)Nc2ccc3c(c2)OCCO3)cc1. The summed E-state index contributed by atoms with van der Waals surface area (Å²) in [4.78, 5) is 11.4. The average molecular weight is 349 g/mol. The Morgan fingerprint density at radius 1 is 1.04 bits per heavy atom. The van der Waals surface area contributed by atoms with Crippen LogP contribution in [0.3, 0.4) is 0 Å². The summed E-state index contributed by atoms with van der Waals surface area (Å²) in [6.45, 7) is 0.878. The molecule has 8 heteroatoms. The van der Waals surface area contributed by atoms with E-state index in [1.807, 2.05) is 0 Å². The molecule has 0 bridgehead atoms. The molecule has 24 heavy (non-hydrogen) atoms. The van der Waals surface area contributed by atoms with Crippen molar-refractivity contribution in [1.82, 2.24) is 0 Å². The van der Waals surface area contributed by atoms with Gasteiger partial charge >= 0.3 is 5.97 Å². The van der Waals surface area contributed by atoms with Crippen LogP contribution in [0.1, 0.15) is 10.4 Å². The van der Waals surface area contributed by atoms with Crippen LogP contribution in [-0.4, -0.2) is 34.7 Å². The van der Waals surface area contributed by atoms with E-state index in [9.17, 15) is 13.2 Å². The minimum atomic E-state index is -3.79. The highest BCUT2D eigenvalue weighted by Gasteiger charge is 2.18. The van der Waals surface area contributed by atoms with E-state index in [1.54, 1.807) is 18.2 Å². The molecule has 3 rings (SSSR count). The number of carbonyl (C=O) groups excluding carboxylic acids is 1. The Morgan fingerprint density at radius 2 is 1.71 bits per heavy atom. The van der Waals surface area contributed by atoms with E-state index >= 15 is 0 Å². The van der Waals surface area contributed by atoms with Crippen LogP contribution in [0.2, 0.25) is 0 Å². The topological polar surface area (TPSA) is 90.9 Å². The first-order chi connectivity index (χ1) is 11.5. The maximum Gasteiger partial charge on any atom is 0.337 e. The van der Waals surface area contributed by atoms with Crippen LogP contribution in [-0.2, 0) is 14.8 Å². The number of benzene rings is 2. The van der Waals surface area contributed by atoms with E-state index in [4.69, 9.17) is 9.47 Å². The summed E-state index contributed by atoms with van der Waals surface area (Å²) in [5.74, 6) is 0.535. The van der Waals surface area contributed by atoms with Crippen molar-refractivity contribution in [2.24, 2.45) is 0 Å². The third-order valence-electron chi connectivity index (χ3n) is 3.38. The van der Waals surface area contributed by atoms with Crippen molar-refractivity contribution in [3.63, 3.8) is 0 Å². The van der Waals surface area contributed by atoms with Gasteiger partial charge in [-0.15, -0.1) is 0 Å². The summed E-state index contributed by atoms with van der Waals surface area (Å²) in [5, 5.41) is 0. The van der Waals surface area contributed by atoms with Crippen LogP contribution >= 0.6 is 0 Å². The first-order valence-electron chi connectivity index (χ1n) is 7.10. The molecule has 7 nitrogen and oxygen atoms in total. The van der Waals surface area contributed by atoms with Gasteiger partial charge in [-0.2, -0.15) is 0 Å². The predicted octanol–water partition coefficient (Wildman–Crippen LogP) is 2.05. The molecule has 1 N–H and O–H groups in total. The van der Waals surface area contributed by atoms with Crippen molar-refractivity contribution in [3.8, 4) is 11.5 Å². The molecule has 0 amide bonds. The van der Waals surface area contributed by atoms with Crippen LogP contribution in [0.4, 0.5) is 5.69 Å². The number of hydrogen-bond acceptors (Lipinski definition) is 6. The molecule has 0 fully saturated rings. The van der Waals surface area contributed by atoms with Crippen molar-refractivity contribution in [2.45, 2.75) is 4.90 Å². The highest BCUT2D eigenvalue weighted by Crippen LogP contribution is 2.33. The van der Waals surface area contributed by atoms with Gasteiger partial charge in [-0.3, -0.25) is 4.72 Å². The Morgan fingerprint density at radius 3 is 2.38 bits per heavy atom. The normalized spacial score (nSPS) is 13.2. The minimum Gasteiger partial charge on any atom is -0.486 e. The van der Waals surface area contributed by atoms with Crippen LogP contribution in [0, 0.1) is 0 Å². The lowest BCUT2D eigenvalue weighted by molar-refractivity contribution is 0.0600. The molecule has 0 unspecified atom stereocenters. The van der Waals surface area contributed by atoms with Crippen molar-refractivity contribution in [2.75, 3.05) is 25.0 Å². The molecule has 126 valence electrons. The van der Waals surface area contributed by atoms with Crippen LogP contribution in [0.15, 0.2) is 47.4 Å². The van der Waals surface area contributed by atoms with Gasteiger partial charge in [-0.05, 0) is 36.4 Å². The number of fused-ring (bicyclic) bond motifs is 1. The fourth-order valence-electron chi connectivity index (χ4n) is 2.21. The summed E-state index contributed by atoms with van der Waals surface area (Å²) >= 11 is 0. The molecule has 0 radical (unpaired) electrons. The standard InChI is InChI=1S/C16H15NO6S/c1-21-16(18)11-2-5-13(6-3-11)24(19,20)17-12-4-7-14-15(10-12)23-9-8-22-14/h2-7,10,17H,8-9H2,1H3.